The van der Waals surface area contributed by atoms with Gasteiger partial charge >= 0.3 is 0 Å². The van der Waals surface area contributed by atoms with Gasteiger partial charge in [0.1, 0.15) is 0 Å². The summed E-state index contributed by atoms with van der Waals surface area (Å²) in [5.74, 6) is 0.788. The summed E-state index contributed by atoms with van der Waals surface area (Å²) in [6, 6.07) is 6.12. The number of benzene rings is 1. The Hall–Kier alpha value is -1.95. The summed E-state index contributed by atoms with van der Waals surface area (Å²) in [6.45, 7) is 2.04. The number of nitrogens with two attached hydrogens (primary N) is 1. The fraction of sp³-hybridized carbons (Fsp3) is 0.500. The number of rotatable bonds is 3. The maximum absolute atomic E-state index is 5.88. The van der Waals surface area contributed by atoms with Gasteiger partial charge in [0.15, 0.2) is 5.82 Å². The van der Waals surface area contributed by atoms with Crippen LogP contribution in [-0.2, 0) is 4.74 Å². The van der Waals surface area contributed by atoms with Crippen LogP contribution in [-0.4, -0.2) is 33.4 Å². The van der Waals surface area contributed by atoms with Crippen LogP contribution in [0.4, 0.5) is 5.69 Å². The molecule has 1 heterocycles. The summed E-state index contributed by atoms with van der Waals surface area (Å²) < 4.78 is 7.34. The van der Waals surface area contributed by atoms with Crippen LogP contribution in [0.15, 0.2) is 18.2 Å². The Kier molecular flexibility index (Phi) is 3.40. The predicted molar refractivity (Wildman–Crippen MR) is 76.1 cm³/mol. The number of hydrogen-bond donors (Lipinski definition) is 1. The minimum Gasteiger partial charge on any atom is -0.399 e. The third kappa shape index (κ3) is 2.27. The zero-order chi connectivity index (χ0) is 14.1. The van der Waals surface area contributed by atoms with Crippen molar-refractivity contribution in [1.29, 1.82) is 0 Å². The Morgan fingerprint density at radius 2 is 2.20 bits per heavy atom. The first-order valence-corrected chi connectivity index (χ1v) is 6.86. The number of nitrogen functional groups attached to an aromatic ring is 1. The molecular formula is C14H19N5O. The molecule has 1 aliphatic rings. The molecule has 1 fully saturated rings. The smallest absolute Gasteiger partial charge is 0.182 e. The van der Waals surface area contributed by atoms with Gasteiger partial charge in [-0.25, -0.2) is 4.68 Å². The first kappa shape index (κ1) is 13.1. The van der Waals surface area contributed by atoms with Crippen molar-refractivity contribution in [2.45, 2.75) is 38.3 Å². The molecule has 2 N–H and O–H groups in total. The van der Waals surface area contributed by atoms with Gasteiger partial charge in [-0.05, 0) is 54.3 Å². The molecule has 20 heavy (non-hydrogen) atoms. The summed E-state index contributed by atoms with van der Waals surface area (Å²) in [7, 11) is 1.76. The monoisotopic (exact) mass is 273 g/mol. The van der Waals surface area contributed by atoms with Gasteiger partial charge in [0.05, 0.1) is 12.1 Å². The van der Waals surface area contributed by atoms with E-state index in [9.17, 15) is 0 Å². The van der Waals surface area contributed by atoms with Crippen LogP contribution in [0.2, 0.25) is 0 Å². The first-order chi connectivity index (χ1) is 9.69. The molecule has 1 aromatic carbocycles. The van der Waals surface area contributed by atoms with Gasteiger partial charge in [0, 0.05) is 18.4 Å². The molecule has 2 unspecified atom stereocenters. The zero-order valence-corrected chi connectivity index (χ0v) is 11.8. The Balaban J connectivity index is 1.96. The van der Waals surface area contributed by atoms with E-state index in [1.54, 1.807) is 7.11 Å². The predicted octanol–water partition coefficient (Wildman–Crippen LogP) is 1.97. The van der Waals surface area contributed by atoms with Crippen molar-refractivity contribution < 1.29 is 4.74 Å². The fourth-order valence-electron chi connectivity index (χ4n) is 2.85. The normalized spacial score (nSPS) is 22.3. The molecule has 1 aliphatic carbocycles. The highest BCUT2D eigenvalue weighted by molar-refractivity contribution is 5.65. The van der Waals surface area contributed by atoms with E-state index in [0.717, 1.165) is 41.9 Å². The van der Waals surface area contributed by atoms with Crippen molar-refractivity contribution in [3.8, 4) is 11.4 Å². The van der Waals surface area contributed by atoms with E-state index in [0.29, 0.717) is 12.1 Å². The molecule has 0 spiro atoms. The van der Waals surface area contributed by atoms with Crippen molar-refractivity contribution in [1.82, 2.24) is 20.2 Å². The molecule has 1 aromatic heterocycles. The SMILES string of the molecule is COC1CCC(n2nnnc2-c2cc(N)ccc2C)C1. The molecule has 0 saturated heterocycles. The average Bonchev–Trinajstić information content (AvgIpc) is 3.08. The fourth-order valence-corrected chi connectivity index (χ4v) is 2.85. The van der Waals surface area contributed by atoms with Gasteiger partial charge in [0.25, 0.3) is 0 Å². The highest BCUT2D eigenvalue weighted by atomic mass is 16.5. The average molecular weight is 273 g/mol. The lowest BCUT2D eigenvalue weighted by molar-refractivity contribution is 0.105. The molecule has 6 heteroatoms. The van der Waals surface area contributed by atoms with Crippen LogP contribution >= 0.6 is 0 Å². The van der Waals surface area contributed by atoms with Gasteiger partial charge < -0.3 is 10.5 Å². The lowest BCUT2D eigenvalue weighted by atomic mass is 10.1. The second-order valence-electron chi connectivity index (χ2n) is 5.35. The summed E-state index contributed by atoms with van der Waals surface area (Å²) in [5, 5.41) is 12.2. The number of ether oxygens (including phenoxy) is 1. The van der Waals surface area contributed by atoms with Gasteiger partial charge in [-0.3, -0.25) is 0 Å². The topological polar surface area (TPSA) is 78.8 Å². The zero-order valence-electron chi connectivity index (χ0n) is 11.8. The van der Waals surface area contributed by atoms with Crippen LogP contribution < -0.4 is 5.73 Å². The van der Waals surface area contributed by atoms with E-state index in [1.807, 2.05) is 29.8 Å². The van der Waals surface area contributed by atoms with Crippen molar-refractivity contribution >= 4 is 5.69 Å². The summed E-state index contributed by atoms with van der Waals surface area (Å²) >= 11 is 0. The van der Waals surface area contributed by atoms with Crippen LogP contribution in [0.3, 0.4) is 0 Å². The Labute approximate surface area is 117 Å². The van der Waals surface area contributed by atoms with Crippen LogP contribution in [0, 0.1) is 6.92 Å². The molecule has 0 bridgehead atoms. The van der Waals surface area contributed by atoms with E-state index in [-0.39, 0.29) is 0 Å². The van der Waals surface area contributed by atoms with E-state index < -0.39 is 0 Å². The van der Waals surface area contributed by atoms with Crippen molar-refractivity contribution in [3.05, 3.63) is 23.8 Å². The number of aromatic nitrogens is 4. The summed E-state index contributed by atoms with van der Waals surface area (Å²) in [6.07, 6.45) is 3.35. The van der Waals surface area contributed by atoms with E-state index in [4.69, 9.17) is 10.5 Å². The van der Waals surface area contributed by atoms with E-state index in [2.05, 4.69) is 15.5 Å². The standard InChI is InChI=1S/C14H19N5O/c1-9-3-4-10(15)7-13(9)14-16-17-18-19(14)11-5-6-12(8-11)20-2/h3-4,7,11-12H,5-6,8,15H2,1-2H3. The number of aryl methyl sites for hydroxylation is 1. The molecule has 3 rings (SSSR count). The van der Waals surface area contributed by atoms with Gasteiger partial charge in [-0.2, -0.15) is 0 Å². The molecule has 0 amide bonds. The van der Waals surface area contributed by atoms with Crippen LogP contribution in [0.1, 0.15) is 30.9 Å². The second-order valence-corrected chi connectivity index (χ2v) is 5.35. The van der Waals surface area contributed by atoms with Crippen LogP contribution in [0.25, 0.3) is 11.4 Å². The third-order valence-electron chi connectivity index (χ3n) is 4.03. The number of nitrogens with zero attached hydrogens (tertiary/aromatic N) is 4. The molecule has 106 valence electrons. The maximum atomic E-state index is 5.88. The van der Waals surface area contributed by atoms with Crippen molar-refractivity contribution in [2.75, 3.05) is 12.8 Å². The molecule has 2 aromatic rings. The largest absolute Gasteiger partial charge is 0.399 e. The lowest BCUT2D eigenvalue weighted by Crippen LogP contribution is -2.12. The van der Waals surface area contributed by atoms with Crippen LogP contribution in [0.5, 0.6) is 0 Å². The second kappa shape index (κ2) is 5.20. The molecule has 6 nitrogen and oxygen atoms in total. The molecule has 2 atom stereocenters. The van der Waals surface area contributed by atoms with Gasteiger partial charge in [-0.15, -0.1) is 5.10 Å². The number of tetrazole rings is 1. The van der Waals surface area contributed by atoms with Crippen molar-refractivity contribution in [3.63, 3.8) is 0 Å². The molecule has 1 saturated carbocycles. The number of anilines is 1. The highest BCUT2D eigenvalue weighted by Crippen LogP contribution is 2.34. The Bertz CT molecular complexity index is 609. The molecular weight excluding hydrogens is 254 g/mol. The molecule has 0 radical (unpaired) electrons. The van der Waals surface area contributed by atoms with Gasteiger partial charge in [-0.1, -0.05) is 6.07 Å². The Morgan fingerprint density at radius 3 is 2.95 bits per heavy atom. The number of methoxy groups -OCH3 is 1. The Morgan fingerprint density at radius 1 is 1.35 bits per heavy atom. The maximum Gasteiger partial charge on any atom is 0.182 e. The summed E-state index contributed by atoms with van der Waals surface area (Å²) in [4.78, 5) is 0. The minimum atomic E-state index is 0.297. The minimum absolute atomic E-state index is 0.297. The quantitative estimate of drug-likeness (QED) is 0.865. The lowest BCUT2D eigenvalue weighted by Gasteiger charge is -2.13. The third-order valence-corrected chi connectivity index (χ3v) is 4.03. The van der Waals surface area contributed by atoms with E-state index in [1.165, 1.54) is 0 Å². The highest BCUT2D eigenvalue weighted by Gasteiger charge is 2.29. The van der Waals surface area contributed by atoms with Crippen molar-refractivity contribution in [2.24, 2.45) is 0 Å². The van der Waals surface area contributed by atoms with Gasteiger partial charge in [0.2, 0.25) is 0 Å². The molecule has 0 aliphatic heterocycles. The van der Waals surface area contributed by atoms with E-state index >= 15 is 0 Å². The summed E-state index contributed by atoms with van der Waals surface area (Å²) in [5.41, 5.74) is 8.72. The number of hydrogen-bond acceptors (Lipinski definition) is 5. The first-order valence-electron chi connectivity index (χ1n) is 6.86.